The molecule has 1 aromatic carbocycles. The van der Waals surface area contributed by atoms with Gasteiger partial charge in [-0.3, -0.25) is 4.79 Å². The quantitative estimate of drug-likeness (QED) is 0.581. The topological polar surface area (TPSA) is 110 Å². The van der Waals surface area contributed by atoms with Crippen molar-refractivity contribution in [2.45, 2.75) is 52.6 Å². The molecular weight excluding hydrogens is 430 g/mol. The van der Waals surface area contributed by atoms with Crippen LogP contribution in [0.2, 0.25) is 0 Å². The number of amides is 1. The first kappa shape index (κ1) is 22.5. The van der Waals surface area contributed by atoms with Crippen LogP contribution in [0.4, 0.5) is 0 Å². The smallest absolute Gasteiger partial charge is 0.220 e. The molecule has 2 aromatic heterocycles. The third kappa shape index (κ3) is 4.04. The molecule has 3 heterocycles. The Labute approximate surface area is 187 Å². The molecular formula is C22H29N5O4S. The zero-order valence-corrected chi connectivity index (χ0v) is 19.9. The highest BCUT2D eigenvalue weighted by atomic mass is 32.2. The fourth-order valence-electron chi connectivity index (χ4n) is 4.56. The first-order chi connectivity index (χ1) is 15.1. The number of sulfonamides is 1. The van der Waals surface area contributed by atoms with E-state index < -0.39 is 10.0 Å². The van der Waals surface area contributed by atoms with Crippen LogP contribution in [0.5, 0.6) is 0 Å². The van der Waals surface area contributed by atoms with Crippen LogP contribution < -0.4 is 5.32 Å². The third-order valence-electron chi connectivity index (χ3n) is 6.08. The Balaban J connectivity index is 1.82. The molecule has 1 aliphatic heterocycles. The average Bonchev–Trinajstić information content (AvgIpc) is 3.41. The molecule has 1 amide bonds. The molecule has 9 nitrogen and oxygen atoms in total. The molecule has 2 atom stereocenters. The van der Waals surface area contributed by atoms with Gasteiger partial charge in [-0.25, -0.2) is 17.7 Å². The van der Waals surface area contributed by atoms with Crippen molar-refractivity contribution in [3.05, 3.63) is 35.5 Å². The van der Waals surface area contributed by atoms with Crippen molar-refractivity contribution in [3.63, 3.8) is 0 Å². The molecule has 1 saturated heterocycles. The van der Waals surface area contributed by atoms with E-state index in [1.807, 2.05) is 45.9 Å². The number of carbonyl (C=O) groups is 1. The van der Waals surface area contributed by atoms with Gasteiger partial charge in [-0.15, -0.1) is 0 Å². The predicted octanol–water partition coefficient (Wildman–Crippen LogP) is 3.10. The van der Waals surface area contributed by atoms with Crippen molar-refractivity contribution in [3.8, 4) is 11.1 Å². The molecule has 0 spiro atoms. The molecule has 0 saturated carbocycles. The van der Waals surface area contributed by atoms with Crippen molar-refractivity contribution < 1.29 is 17.7 Å². The Hall–Kier alpha value is -2.72. The lowest BCUT2D eigenvalue weighted by Gasteiger charge is -2.26. The molecule has 0 bridgehead atoms. The van der Waals surface area contributed by atoms with Crippen LogP contribution in [0.15, 0.2) is 22.7 Å². The van der Waals surface area contributed by atoms with E-state index in [4.69, 9.17) is 9.51 Å². The second-order valence-electron chi connectivity index (χ2n) is 8.46. The lowest BCUT2D eigenvalue weighted by Crippen LogP contribution is -2.35. The van der Waals surface area contributed by atoms with E-state index in [0.29, 0.717) is 25.9 Å². The molecule has 10 heteroatoms. The number of nitrogens with zero attached hydrogens (tertiary/aromatic N) is 4. The Morgan fingerprint density at radius 3 is 2.66 bits per heavy atom. The SMILES string of the molecule is CCN(C[C@@H](C)n1c([C@@H]2CCC(=O)N2)nc2cc(-c3c(C)noc3C)ccc21)S(C)(=O)=O. The van der Waals surface area contributed by atoms with E-state index in [0.717, 1.165) is 39.4 Å². The van der Waals surface area contributed by atoms with Crippen molar-refractivity contribution in [1.29, 1.82) is 0 Å². The predicted molar refractivity (Wildman–Crippen MR) is 122 cm³/mol. The number of fused-ring (bicyclic) bond motifs is 1. The van der Waals surface area contributed by atoms with Gasteiger partial charge in [0.2, 0.25) is 15.9 Å². The molecule has 172 valence electrons. The van der Waals surface area contributed by atoms with Gasteiger partial charge in [0.25, 0.3) is 0 Å². The number of rotatable bonds is 7. The van der Waals surface area contributed by atoms with Gasteiger partial charge in [0.05, 0.1) is 29.0 Å². The monoisotopic (exact) mass is 459 g/mol. The van der Waals surface area contributed by atoms with Crippen molar-refractivity contribution in [2.75, 3.05) is 19.3 Å². The van der Waals surface area contributed by atoms with Crippen LogP contribution >= 0.6 is 0 Å². The molecule has 1 fully saturated rings. The maximum absolute atomic E-state index is 12.2. The highest BCUT2D eigenvalue weighted by Crippen LogP contribution is 2.34. The van der Waals surface area contributed by atoms with Gasteiger partial charge in [-0.05, 0) is 44.9 Å². The number of carbonyl (C=O) groups excluding carboxylic acids is 1. The third-order valence-corrected chi connectivity index (χ3v) is 7.42. The van der Waals surface area contributed by atoms with Gasteiger partial charge in [-0.2, -0.15) is 0 Å². The summed E-state index contributed by atoms with van der Waals surface area (Å²) in [5.74, 6) is 1.49. The number of nitrogens with one attached hydrogen (secondary N) is 1. The zero-order valence-electron chi connectivity index (χ0n) is 19.0. The number of aromatic nitrogens is 3. The van der Waals surface area contributed by atoms with E-state index in [1.54, 1.807) is 0 Å². The summed E-state index contributed by atoms with van der Waals surface area (Å²) < 4.78 is 33.2. The van der Waals surface area contributed by atoms with E-state index in [9.17, 15) is 13.2 Å². The van der Waals surface area contributed by atoms with Gasteiger partial charge < -0.3 is 14.4 Å². The molecule has 4 rings (SSSR count). The number of hydrogen-bond acceptors (Lipinski definition) is 6. The Morgan fingerprint density at radius 2 is 2.09 bits per heavy atom. The summed E-state index contributed by atoms with van der Waals surface area (Å²) in [4.78, 5) is 16.8. The number of benzene rings is 1. The first-order valence-corrected chi connectivity index (χ1v) is 12.6. The standard InChI is InChI=1S/C22H29N5O4S/c1-6-26(32(5,29)30)12-13(2)27-19-9-7-16(21-14(3)25-31-15(21)4)11-18(19)24-22(27)17-8-10-20(28)23-17/h7,9,11,13,17H,6,8,10,12H2,1-5H3,(H,23,28)/t13-,17+/m1/s1. The van der Waals surface area contributed by atoms with Crippen LogP contribution in [-0.4, -0.2) is 52.7 Å². The summed E-state index contributed by atoms with van der Waals surface area (Å²) in [6.45, 7) is 8.30. The minimum absolute atomic E-state index is 0.00369. The van der Waals surface area contributed by atoms with Gasteiger partial charge in [0.15, 0.2) is 0 Å². The van der Waals surface area contributed by atoms with Crippen LogP contribution in [-0.2, 0) is 14.8 Å². The van der Waals surface area contributed by atoms with Crippen molar-refractivity contribution >= 4 is 27.0 Å². The van der Waals surface area contributed by atoms with Gasteiger partial charge >= 0.3 is 0 Å². The second kappa shape index (κ2) is 8.32. The summed E-state index contributed by atoms with van der Waals surface area (Å²) in [7, 11) is -3.33. The number of hydrogen-bond donors (Lipinski definition) is 1. The highest BCUT2D eigenvalue weighted by Gasteiger charge is 2.30. The van der Waals surface area contributed by atoms with E-state index in [-0.39, 0.29) is 18.0 Å². The summed E-state index contributed by atoms with van der Waals surface area (Å²) >= 11 is 0. The molecule has 0 aliphatic carbocycles. The van der Waals surface area contributed by atoms with Crippen LogP contribution in [0.1, 0.15) is 56.1 Å². The zero-order chi connectivity index (χ0) is 23.2. The molecule has 3 aromatic rings. The second-order valence-corrected chi connectivity index (χ2v) is 10.4. The molecule has 0 radical (unpaired) electrons. The summed E-state index contributed by atoms with van der Waals surface area (Å²) in [6.07, 6.45) is 2.34. The largest absolute Gasteiger partial charge is 0.361 e. The molecule has 1 N–H and O–H groups in total. The van der Waals surface area contributed by atoms with Gasteiger partial charge in [-0.1, -0.05) is 18.1 Å². The maximum atomic E-state index is 12.2. The number of imidazole rings is 1. The lowest BCUT2D eigenvalue weighted by molar-refractivity contribution is -0.119. The van der Waals surface area contributed by atoms with Crippen molar-refractivity contribution in [2.24, 2.45) is 0 Å². The van der Waals surface area contributed by atoms with Crippen LogP contribution in [0, 0.1) is 13.8 Å². The summed E-state index contributed by atoms with van der Waals surface area (Å²) in [5.41, 5.74) is 4.39. The lowest BCUT2D eigenvalue weighted by atomic mass is 10.0. The van der Waals surface area contributed by atoms with Crippen molar-refractivity contribution in [1.82, 2.24) is 24.3 Å². The molecule has 32 heavy (non-hydrogen) atoms. The van der Waals surface area contributed by atoms with E-state index >= 15 is 0 Å². The minimum atomic E-state index is -3.33. The average molecular weight is 460 g/mol. The molecule has 1 aliphatic rings. The minimum Gasteiger partial charge on any atom is -0.361 e. The summed E-state index contributed by atoms with van der Waals surface area (Å²) in [6, 6.07) is 5.63. The first-order valence-electron chi connectivity index (χ1n) is 10.8. The van der Waals surface area contributed by atoms with E-state index in [2.05, 4.69) is 15.0 Å². The fraction of sp³-hybridized carbons (Fsp3) is 0.500. The Bertz CT molecular complexity index is 1260. The summed E-state index contributed by atoms with van der Waals surface area (Å²) in [5, 5.41) is 7.05. The van der Waals surface area contributed by atoms with E-state index in [1.165, 1.54) is 10.6 Å². The highest BCUT2D eigenvalue weighted by molar-refractivity contribution is 7.88. The van der Waals surface area contributed by atoms with Crippen LogP contribution in [0.25, 0.3) is 22.2 Å². The Morgan fingerprint density at radius 1 is 1.34 bits per heavy atom. The Kier molecular flexibility index (Phi) is 5.85. The van der Waals surface area contributed by atoms with Gasteiger partial charge in [0, 0.05) is 31.1 Å². The van der Waals surface area contributed by atoms with Gasteiger partial charge in [0.1, 0.15) is 11.6 Å². The number of aryl methyl sites for hydroxylation is 2. The maximum Gasteiger partial charge on any atom is 0.220 e. The molecule has 0 unspecified atom stereocenters. The van der Waals surface area contributed by atoms with Crippen LogP contribution in [0.3, 0.4) is 0 Å². The number of likely N-dealkylation sites (N-methyl/N-ethyl adjacent to an activating group) is 1. The normalized spacial score (nSPS) is 17.9. The fourth-order valence-corrected chi connectivity index (χ4v) is 5.52.